The summed E-state index contributed by atoms with van der Waals surface area (Å²) in [5.41, 5.74) is 3.90. The third-order valence-electron chi connectivity index (χ3n) is 4.60. The monoisotopic (exact) mass is 546 g/mol. The number of aromatic nitrogens is 2. The fourth-order valence-corrected chi connectivity index (χ4v) is 3.78. The SMILES string of the molecule is NC(=O)c1nc2c(F)c(F)c(Nc3ccc(I)cc3Cl)c(C(=O)OCC3CC3)c2[nH]1. The van der Waals surface area contributed by atoms with E-state index in [0.717, 1.165) is 16.4 Å². The highest BCUT2D eigenvalue weighted by Gasteiger charge is 2.31. The van der Waals surface area contributed by atoms with E-state index in [2.05, 4.69) is 15.3 Å². The van der Waals surface area contributed by atoms with Crippen LogP contribution in [0.15, 0.2) is 18.2 Å². The van der Waals surface area contributed by atoms with Crippen LogP contribution in [0.2, 0.25) is 5.02 Å². The number of nitrogens with one attached hydrogen (secondary N) is 2. The molecule has 0 aliphatic heterocycles. The van der Waals surface area contributed by atoms with Crippen molar-refractivity contribution in [2.75, 3.05) is 11.9 Å². The molecule has 0 unspecified atom stereocenters. The lowest BCUT2D eigenvalue weighted by Gasteiger charge is -2.15. The van der Waals surface area contributed by atoms with Gasteiger partial charge in [0.05, 0.1) is 28.5 Å². The molecule has 0 spiro atoms. The Bertz CT molecular complexity index is 1200. The predicted molar refractivity (Wildman–Crippen MR) is 115 cm³/mol. The third kappa shape index (κ3) is 3.93. The van der Waals surface area contributed by atoms with Gasteiger partial charge in [0.25, 0.3) is 5.91 Å². The van der Waals surface area contributed by atoms with Gasteiger partial charge in [-0.25, -0.2) is 18.6 Å². The average molecular weight is 547 g/mol. The Kier molecular flexibility index (Phi) is 5.53. The largest absolute Gasteiger partial charge is 0.462 e. The van der Waals surface area contributed by atoms with Gasteiger partial charge in [-0.05, 0) is 59.5 Å². The summed E-state index contributed by atoms with van der Waals surface area (Å²) < 4.78 is 35.9. The third-order valence-corrected chi connectivity index (χ3v) is 5.58. The van der Waals surface area contributed by atoms with E-state index in [9.17, 15) is 14.0 Å². The molecule has 1 heterocycles. The molecule has 4 rings (SSSR count). The normalized spacial score (nSPS) is 13.5. The van der Waals surface area contributed by atoms with Gasteiger partial charge in [-0.2, -0.15) is 0 Å². The van der Waals surface area contributed by atoms with Crippen LogP contribution in [-0.4, -0.2) is 28.5 Å². The Labute approximate surface area is 187 Å². The first kappa shape index (κ1) is 20.8. The quantitative estimate of drug-likeness (QED) is 0.311. The van der Waals surface area contributed by atoms with E-state index in [4.69, 9.17) is 22.1 Å². The van der Waals surface area contributed by atoms with Crippen LogP contribution < -0.4 is 11.1 Å². The van der Waals surface area contributed by atoms with Crippen molar-refractivity contribution in [3.05, 3.63) is 49.8 Å². The smallest absolute Gasteiger partial charge is 0.342 e. The Balaban J connectivity index is 1.89. The molecule has 30 heavy (non-hydrogen) atoms. The number of anilines is 2. The molecule has 0 saturated heterocycles. The summed E-state index contributed by atoms with van der Waals surface area (Å²) in [7, 11) is 0. The van der Waals surface area contributed by atoms with Crippen molar-refractivity contribution in [1.82, 2.24) is 9.97 Å². The van der Waals surface area contributed by atoms with E-state index in [0.29, 0.717) is 0 Å². The van der Waals surface area contributed by atoms with Crippen molar-refractivity contribution in [2.45, 2.75) is 12.8 Å². The number of hydrogen-bond donors (Lipinski definition) is 3. The highest BCUT2D eigenvalue weighted by Crippen LogP contribution is 2.37. The molecule has 156 valence electrons. The topological polar surface area (TPSA) is 110 Å². The second-order valence-corrected chi connectivity index (χ2v) is 8.50. The van der Waals surface area contributed by atoms with Crippen molar-refractivity contribution < 1.29 is 23.1 Å². The van der Waals surface area contributed by atoms with E-state index in [1.54, 1.807) is 18.2 Å². The number of carbonyl (C=O) groups is 2. The van der Waals surface area contributed by atoms with Crippen LogP contribution in [-0.2, 0) is 4.74 Å². The van der Waals surface area contributed by atoms with Gasteiger partial charge in [-0.3, -0.25) is 4.79 Å². The summed E-state index contributed by atoms with van der Waals surface area (Å²) >= 11 is 8.25. The van der Waals surface area contributed by atoms with Gasteiger partial charge in [0, 0.05) is 3.57 Å². The number of rotatable bonds is 6. The standard InChI is InChI=1S/C19H14ClF2IN4O3/c20-9-5-8(23)3-4-10(9)25-14-11(19(29)30-6-7-1-2-7)15-16(13(22)12(14)21)27-18(26-15)17(24)28/h3-5,7,25H,1-2,6H2,(H2,24,28)(H,26,27). The minimum Gasteiger partial charge on any atom is -0.462 e. The summed E-state index contributed by atoms with van der Waals surface area (Å²) in [5, 5.41) is 2.91. The van der Waals surface area contributed by atoms with Gasteiger partial charge < -0.3 is 20.8 Å². The van der Waals surface area contributed by atoms with Crippen LogP contribution in [0.25, 0.3) is 11.0 Å². The number of nitrogens with two attached hydrogens (primary N) is 1. The molecule has 2 aromatic carbocycles. The molecule has 7 nitrogen and oxygen atoms in total. The molecule has 1 amide bonds. The lowest BCUT2D eigenvalue weighted by atomic mass is 10.1. The summed E-state index contributed by atoms with van der Waals surface area (Å²) in [6, 6.07) is 4.88. The highest BCUT2D eigenvalue weighted by molar-refractivity contribution is 14.1. The molecular weight excluding hydrogens is 533 g/mol. The first-order valence-corrected chi connectivity index (χ1v) is 10.3. The van der Waals surface area contributed by atoms with Gasteiger partial charge in [-0.15, -0.1) is 0 Å². The number of carbonyl (C=O) groups excluding carboxylic acids is 2. The van der Waals surface area contributed by atoms with Crippen LogP contribution in [0.1, 0.15) is 33.8 Å². The maximum absolute atomic E-state index is 15.0. The molecule has 11 heteroatoms. The van der Waals surface area contributed by atoms with Crippen LogP contribution >= 0.6 is 34.2 Å². The summed E-state index contributed by atoms with van der Waals surface area (Å²) in [6.07, 6.45) is 1.86. The van der Waals surface area contributed by atoms with Crippen LogP contribution in [0.5, 0.6) is 0 Å². The molecule has 1 aromatic heterocycles. The average Bonchev–Trinajstić information content (AvgIpc) is 3.42. The molecule has 1 fully saturated rings. The summed E-state index contributed by atoms with van der Waals surface area (Å²) in [5.74, 6) is -4.76. The first-order valence-electron chi connectivity index (χ1n) is 8.86. The number of halogens is 4. The number of hydrogen-bond acceptors (Lipinski definition) is 5. The second-order valence-electron chi connectivity index (χ2n) is 6.84. The fourth-order valence-electron chi connectivity index (χ4n) is 2.88. The Morgan fingerprint density at radius 1 is 1.33 bits per heavy atom. The van der Waals surface area contributed by atoms with E-state index in [1.807, 2.05) is 22.6 Å². The number of H-pyrrole nitrogens is 1. The zero-order valence-electron chi connectivity index (χ0n) is 15.2. The zero-order chi connectivity index (χ0) is 21.6. The number of fused-ring (bicyclic) bond motifs is 1. The minimum absolute atomic E-state index is 0.153. The number of ether oxygens (including phenoxy) is 1. The predicted octanol–water partition coefficient (Wildman–Crippen LogP) is 4.51. The molecule has 1 aliphatic carbocycles. The lowest BCUT2D eigenvalue weighted by Crippen LogP contribution is -2.14. The molecule has 3 aromatic rings. The summed E-state index contributed by atoms with van der Waals surface area (Å²) in [4.78, 5) is 30.5. The van der Waals surface area contributed by atoms with Crippen molar-refractivity contribution >= 4 is 68.5 Å². The fraction of sp³-hybridized carbons (Fsp3) is 0.211. The minimum atomic E-state index is -1.36. The maximum Gasteiger partial charge on any atom is 0.342 e. The van der Waals surface area contributed by atoms with Crippen LogP contribution in [0.4, 0.5) is 20.2 Å². The van der Waals surface area contributed by atoms with Crippen molar-refractivity contribution in [1.29, 1.82) is 0 Å². The molecule has 0 bridgehead atoms. The number of aromatic amines is 1. The first-order chi connectivity index (χ1) is 14.3. The number of amides is 1. The lowest BCUT2D eigenvalue weighted by molar-refractivity contribution is 0.0488. The van der Waals surface area contributed by atoms with Gasteiger partial charge in [0.1, 0.15) is 11.1 Å². The zero-order valence-corrected chi connectivity index (χ0v) is 18.1. The molecule has 4 N–H and O–H groups in total. The molecular formula is C19H14ClF2IN4O3. The maximum atomic E-state index is 15.0. The highest BCUT2D eigenvalue weighted by atomic mass is 127. The van der Waals surface area contributed by atoms with Gasteiger partial charge in [-0.1, -0.05) is 11.6 Å². The van der Waals surface area contributed by atoms with Crippen LogP contribution in [0.3, 0.4) is 0 Å². The van der Waals surface area contributed by atoms with E-state index >= 15 is 4.39 Å². The van der Waals surface area contributed by atoms with Crippen molar-refractivity contribution in [2.24, 2.45) is 11.7 Å². The molecule has 0 atom stereocenters. The molecule has 0 radical (unpaired) electrons. The van der Waals surface area contributed by atoms with Crippen LogP contribution in [0, 0.1) is 21.1 Å². The van der Waals surface area contributed by atoms with E-state index in [-0.39, 0.29) is 34.3 Å². The van der Waals surface area contributed by atoms with Gasteiger partial charge in [0.2, 0.25) is 0 Å². The van der Waals surface area contributed by atoms with E-state index < -0.39 is 40.5 Å². The Morgan fingerprint density at radius 3 is 2.70 bits per heavy atom. The number of primary amides is 1. The Morgan fingerprint density at radius 2 is 2.07 bits per heavy atom. The number of esters is 1. The number of imidazole rings is 1. The molecule has 1 aliphatic rings. The van der Waals surface area contributed by atoms with Gasteiger partial charge in [0.15, 0.2) is 17.5 Å². The Hall–Kier alpha value is -2.47. The number of benzene rings is 2. The van der Waals surface area contributed by atoms with E-state index in [1.165, 1.54) is 0 Å². The van der Waals surface area contributed by atoms with Crippen molar-refractivity contribution in [3.8, 4) is 0 Å². The second kappa shape index (κ2) is 7.99. The van der Waals surface area contributed by atoms with Gasteiger partial charge >= 0.3 is 5.97 Å². The van der Waals surface area contributed by atoms with Crippen molar-refractivity contribution in [3.63, 3.8) is 0 Å². The summed E-state index contributed by atoms with van der Waals surface area (Å²) in [6.45, 7) is 0.153. The molecule has 1 saturated carbocycles. The number of nitrogens with zero attached hydrogens (tertiary/aromatic N) is 1.